The summed E-state index contributed by atoms with van der Waals surface area (Å²) in [6.45, 7) is 2.22. The van der Waals surface area contributed by atoms with E-state index in [4.69, 9.17) is 0 Å². The van der Waals surface area contributed by atoms with Gasteiger partial charge in [0.15, 0.2) is 0 Å². The molecule has 1 N–H and O–H groups in total. The van der Waals surface area contributed by atoms with Crippen molar-refractivity contribution < 1.29 is 9.90 Å². The van der Waals surface area contributed by atoms with Gasteiger partial charge in [0.25, 0.3) is 0 Å². The van der Waals surface area contributed by atoms with Crippen molar-refractivity contribution in [1.29, 1.82) is 0 Å². The second kappa shape index (κ2) is 6.79. The van der Waals surface area contributed by atoms with E-state index in [-0.39, 0.29) is 11.8 Å². The SMILES string of the molecule is O=C(O)[C@@H]1CN(Cc2ccccc2)C[C@H]1c1ccc(I)cc1. The first-order valence-electron chi connectivity index (χ1n) is 7.38. The van der Waals surface area contributed by atoms with E-state index in [9.17, 15) is 9.90 Å². The summed E-state index contributed by atoms with van der Waals surface area (Å²) in [6, 6.07) is 18.5. The molecule has 114 valence electrons. The van der Waals surface area contributed by atoms with E-state index in [0.29, 0.717) is 6.54 Å². The fraction of sp³-hybridized carbons (Fsp3) is 0.278. The summed E-state index contributed by atoms with van der Waals surface area (Å²) >= 11 is 2.27. The molecule has 0 saturated carbocycles. The number of halogens is 1. The molecule has 2 aromatic carbocycles. The van der Waals surface area contributed by atoms with E-state index >= 15 is 0 Å². The molecule has 4 heteroatoms. The molecule has 0 aliphatic carbocycles. The summed E-state index contributed by atoms with van der Waals surface area (Å²) in [5.74, 6) is -0.957. The lowest BCUT2D eigenvalue weighted by molar-refractivity contribution is -0.141. The van der Waals surface area contributed by atoms with Gasteiger partial charge in [-0.25, -0.2) is 0 Å². The van der Waals surface area contributed by atoms with Gasteiger partial charge in [-0.05, 0) is 45.9 Å². The van der Waals surface area contributed by atoms with E-state index in [1.807, 2.05) is 18.2 Å². The molecule has 1 fully saturated rings. The highest BCUT2D eigenvalue weighted by Gasteiger charge is 2.38. The van der Waals surface area contributed by atoms with Crippen LogP contribution in [0.25, 0.3) is 0 Å². The van der Waals surface area contributed by atoms with Gasteiger partial charge in [0.1, 0.15) is 0 Å². The molecule has 0 radical (unpaired) electrons. The number of rotatable bonds is 4. The van der Waals surface area contributed by atoms with Gasteiger partial charge in [0.2, 0.25) is 0 Å². The Bertz CT molecular complexity index is 642. The molecule has 3 rings (SSSR count). The first-order valence-corrected chi connectivity index (χ1v) is 8.46. The lowest BCUT2D eigenvalue weighted by Gasteiger charge is -2.16. The molecule has 0 bridgehead atoms. The Morgan fingerprint density at radius 3 is 2.41 bits per heavy atom. The van der Waals surface area contributed by atoms with Crippen LogP contribution in [0, 0.1) is 9.49 Å². The van der Waals surface area contributed by atoms with Gasteiger partial charge in [0.05, 0.1) is 5.92 Å². The van der Waals surface area contributed by atoms with E-state index in [1.54, 1.807) is 0 Å². The first-order chi connectivity index (χ1) is 10.6. The largest absolute Gasteiger partial charge is 0.481 e. The smallest absolute Gasteiger partial charge is 0.308 e. The topological polar surface area (TPSA) is 40.5 Å². The normalized spacial score (nSPS) is 21.9. The van der Waals surface area contributed by atoms with Gasteiger partial charge in [-0.1, -0.05) is 42.5 Å². The zero-order valence-corrected chi connectivity index (χ0v) is 14.3. The van der Waals surface area contributed by atoms with Crippen molar-refractivity contribution >= 4 is 28.6 Å². The molecule has 2 atom stereocenters. The number of likely N-dealkylation sites (tertiary alicyclic amines) is 1. The van der Waals surface area contributed by atoms with Crippen LogP contribution >= 0.6 is 22.6 Å². The minimum absolute atomic E-state index is 0.0678. The van der Waals surface area contributed by atoms with Crippen LogP contribution in [0.1, 0.15) is 17.0 Å². The molecule has 0 unspecified atom stereocenters. The number of carbonyl (C=O) groups is 1. The molecule has 3 nitrogen and oxygen atoms in total. The molecule has 2 aromatic rings. The molecule has 1 aliphatic heterocycles. The molecular weight excluding hydrogens is 389 g/mol. The standard InChI is InChI=1S/C18H18INO2/c19-15-8-6-14(7-9-15)16-11-20(12-17(16)18(21)22)10-13-4-2-1-3-5-13/h1-9,16-17H,10-12H2,(H,21,22)/t16-,17+/m0/s1. The van der Waals surface area contributed by atoms with Gasteiger partial charge in [-0.15, -0.1) is 0 Å². The third-order valence-electron chi connectivity index (χ3n) is 4.26. The predicted octanol–water partition coefficient (Wildman–Crippen LogP) is 3.59. The Hall–Kier alpha value is -1.40. The van der Waals surface area contributed by atoms with Gasteiger partial charge >= 0.3 is 5.97 Å². The Kier molecular flexibility index (Phi) is 4.78. The van der Waals surface area contributed by atoms with Gasteiger partial charge in [0, 0.05) is 29.1 Å². The number of aliphatic carboxylic acids is 1. The maximum Gasteiger partial charge on any atom is 0.308 e. The maximum absolute atomic E-state index is 11.6. The lowest BCUT2D eigenvalue weighted by atomic mass is 9.89. The average Bonchev–Trinajstić information content (AvgIpc) is 2.93. The fourth-order valence-corrected chi connectivity index (χ4v) is 3.51. The van der Waals surface area contributed by atoms with Crippen LogP contribution in [0.15, 0.2) is 54.6 Å². The van der Waals surface area contributed by atoms with Crippen LogP contribution in [0.4, 0.5) is 0 Å². The fourth-order valence-electron chi connectivity index (χ4n) is 3.15. The van der Waals surface area contributed by atoms with Crippen LogP contribution in [-0.2, 0) is 11.3 Å². The molecule has 0 spiro atoms. The number of hydrogen-bond donors (Lipinski definition) is 1. The molecular formula is C18H18INO2. The minimum atomic E-state index is -0.695. The monoisotopic (exact) mass is 407 g/mol. The van der Waals surface area contributed by atoms with Crippen LogP contribution in [0.5, 0.6) is 0 Å². The third kappa shape index (κ3) is 3.50. The predicted molar refractivity (Wildman–Crippen MR) is 94.7 cm³/mol. The van der Waals surface area contributed by atoms with Gasteiger partial charge in [-0.3, -0.25) is 9.69 Å². The maximum atomic E-state index is 11.6. The molecule has 1 heterocycles. The highest BCUT2D eigenvalue weighted by molar-refractivity contribution is 14.1. The first kappa shape index (κ1) is 15.5. The van der Waals surface area contributed by atoms with E-state index in [0.717, 1.165) is 18.7 Å². The summed E-state index contributed by atoms with van der Waals surface area (Å²) < 4.78 is 1.17. The second-order valence-electron chi connectivity index (χ2n) is 5.78. The number of carboxylic acids is 1. The van der Waals surface area contributed by atoms with Crippen molar-refractivity contribution in [2.24, 2.45) is 5.92 Å². The number of carboxylic acid groups (broad SMARTS) is 1. The third-order valence-corrected chi connectivity index (χ3v) is 4.98. The van der Waals surface area contributed by atoms with E-state index in [2.05, 4.69) is 63.9 Å². The Morgan fingerprint density at radius 1 is 1.09 bits per heavy atom. The van der Waals surface area contributed by atoms with Crippen molar-refractivity contribution in [3.05, 3.63) is 69.3 Å². The van der Waals surface area contributed by atoms with Crippen LogP contribution < -0.4 is 0 Å². The van der Waals surface area contributed by atoms with Gasteiger partial charge < -0.3 is 5.11 Å². The zero-order chi connectivity index (χ0) is 15.5. The number of hydrogen-bond acceptors (Lipinski definition) is 2. The van der Waals surface area contributed by atoms with E-state index in [1.165, 1.54) is 9.13 Å². The van der Waals surface area contributed by atoms with E-state index < -0.39 is 5.97 Å². The molecule has 1 aliphatic rings. The van der Waals surface area contributed by atoms with Gasteiger partial charge in [-0.2, -0.15) is 0 Å². The quantitative estimate of drug-likeness (QED) is 0.788. The van der Waals surface area contributed by atoms with Crippen molar-refractivity contribution in [3.8, 4) is 0 Å². The molecule has 0 aromatic heterocycles. The summed E-state index contributed by atoms with van der Waals surface area (Å²) in [5.41, 5.74) is 2.36. The second-order valence-corrected chi connectivity index (χ2v) is 7.03. The average molecular weight is 407 g/mol. The molecule has 1 saturated heterocycles. The van der Waals surface area contributed by atoms with Crippen molar-refractivity contribution in [3.63, 3.8) is 0 Å². The summed E-state index contributed by atoms with van der Waals surface area (Å²) in [7, 11) is 0. The van der Waals surface area contributed by atoms with Crippen molar-refractivity contribution in [2.75, 3.05) is 13.1 Å². The number of benzene rings is 2. The van der Waals surface area contributed by atoms with Crippen molar-refractivity contribution in [2.45, 2.75) is 12.5 Å². The number of nitrogens with zero attached hydrogens (tertiary/aromatic N) is 1. The zero-order valence-electron chi connectivity index (χ0n) is 12.2. The van der Waals surface area contributed by atoms with Crippen LogP contribution in [-0.4, -0.2) is 29.1 Å². The summed E-state index contributed by atoms with van der Waals surface area (Å²) in [6.07, 6.45) is 0. The van der Waals surface area contributed by atoms with Crippen LogP contribution in [0.3, 0.4) is 0 Å². The summed E-state index contributed by atoms with van der Waals surface area (Å²) in [4.78, 5) is 13.9. The van der Waals surface area contributed by atoms with Crippen LogP contribution in [0.2, 0.25) is 0 Å². The minimum Gasteiger partial charge on any atom is -0.481 e. The Balaban J connectivity index is 1.77. The van der Waals surface area contributed by atoms with Crippen molar-refractivity contribution in [1.82, 2.24) is 4.90 Å². The Morgan fingerprint density at radius 2 is 1.77 bits per heavy atom. The molecule has 22 heavy (non-hydrogen) atoms. The highest BCUT2D eigenvalue weighted by Crippen LogP contribution is 2.34. The Labute approximate surface area is 144 Å². The highest BCUT2D eigenvalue weighted by atomic mass is 127. The summed E-state index contributed by atoms with van der Waals surface area (Å²) in [5, 5.41) is 9.56. The molecule has 0 amide bonds. The lowest BCUT2D eigenvalue weighted by Crippen LogP contribution is -2.23.